The van der Waals surface area contributed by atoms with Crippen LogP contribution in [-0.4, -0.2) is 54.3 Å². The topological polar surface area (TPSA) is 52.7 Å². The van der Waals surface area contributed by atoms with Gasteiger partial charge in [-0.05, 0) is 24.6 Å². The second kappa shape index (κ2) is 6.52. The number of rotatable bonds is 3. The van der Waals surface area contributed by atoms with Crippen molar-refractivity contribution in [3.05, 3.63) is 29.8 Å². The Morgan fingerprint density at radius 2 is 1.90 bits per heavy atom. The van der Waals surface area contributed by atoms with Crippen molar-refractivity contribution in [3.63, 3.8) is 0 Å². The van der Waals surface area contributed by atoms with E-state index >= 15 is 0 Å². The van der Waals surface area contributed by atoms with Crippen LogP contribution in [0, 0.1) is 6.92 Å². The summed E-state index contributed by atoms with van der Waals surface area (Å²) >= 11 is 0. The summed E-state index contributed by atoms with van der Waals surface area (Å²) in [6.07, 6.45) is 0. The highest BCUT2D eigenvalue weighted by Gasteiger charge is 2.20. The van der Waals surface area contributed by atoms with Gasteiger partial charge in [0.05, 0.1) is 6.54 Å². The van der Waals surface area contributed by atoms with Crippen LogP contribution >= 0.6 is 0 Å². The summed E-state index contributed by atoms with van der Waals surface area (Å²) in [5.74, 6) is 0.0979. The van der Waals surface area contributed by atoms with E-state index in [2.05, 4.69) is 10.2 Å². The largest absolute Gasteiger partial charge is 0.340 e. The normalized spacial score (nSPS) is 16.0. The molecule has 0 spiro atoms. The summed E-state index contributed by atoms with van der Waals surface area (Å²) < 4.78 is 0. The highest BCUT2D eigenvalue weighted by Crippen LogP contribution is 2.10. The first-order chi connectivity index (χ1) is 9.54. The van der Waals surface area contributed by atoms with E-state index in [0.29, 0.717) is 19.6 Å². The van der Waals surface area contributed by atoms with Crippen LogP contribution in [0.3, 0.4) is 0 Å². The van der Waals surface area contributed by atoms with Crippen molar-refractivity contribution in [3.8, 4) is 0 Å². The molecule has 1 aliphatic rings. The number of hydrogen-bond acceptors (Lipinski definition) is 3. The molecule has 5 nitrogen and oxygen atoms in total. The summed E-state index contributed by atoms with van der Waals surface area (Å²) in [6, 6.07) is 7.76. The average molecular weight is 275 g/mol. The molecule has 0 atom stereocenters. The fourth-order valence-electron chi connectivity index (χ4n) is 2.35. The molecule has 1 aromatic carbocycles. The van der Waals surface area contributed by atoms with Crippen molar-refractivity contribution in [2.45, 2.75) is 13.8 Å². The van der Waals surface area contributed by atoms with Crippen LogP contribution in [0.5, 0.6) is 0 Å². The number of nitrogens with zero attached hydrogens (tertiary/aromatic N) is 2. The first kappa shape index (κ1) is 14.5. The maximum atomic E-state index is 12.0. The molecule has 5 heteroatoms. The Hall–Kier alpha value is -1.88. The van der Waals surface area contributed by atoms with Crippen LogP contribution in [0.1, 0.15) is 12.5 Å². The molecule has 0 saturated carbocycles. The molecular weight excluding hydrogens is 254 g/mol. The summed E-state index contributed by atoms with van der Waals surface area (Å²) in [5.41, 5.74) is 1.95. The number of benzene rings is 1. The van der Waals surface area contributed by atoms with Gasteiger partial charge >= 0.3 is 0 Å². The van der Waals surface area contributed by atoms with Gasteiger partial charge < -0.3 is 10.2 Å². The second-order valence-corrected chi connectivity index (χ2v) is 5.20. The lowest BCUT2D eigenvalue weighted by molar-refractivity contribution is -0.130. The number of carbonyl (C=O) groups is 2. The predicted octanol–water partition coefficient (Wildman–Crippen LogP) is 1.10. The minimum atomic E-state index is -0.00752. The zero-order chi connectivity index (χ0) is 14.5. The average Bonchev–Trinajstić information content (AvgIpc) is 2.39. The van der Waals surface area contributed by atoms with Crippen molar-refractivity contribution in [1.29, 1.82) is 0 Å². The fraction of sp³-hybridized carbons (Fsp3) is 0.467. The Kier molecular flexibility index (Phi) is 4.74. The molecular formula is C15H21N3O2. The summed E-state index contributed by atoms with van der Waals surface area (Å²) in [5, 5.41) is 2.90. The smallest absolute Gasteiger partial charge is 0.238 e. The van der Waals surface area contributed by atoms with Crippen molar-refractivity contribution in [2.24, 2.45) is 0 Å². The highest BCUT2D eigenvalue weighted by molar-refractivity contribution is 5.92. The first-order valence-corrected chi connectivity index (χ1v) is 6.89. The molecule has 0 radical (unpaired) electrons. The van der Waals surface area contributed by atoms with Crippen molar-refractivity contribution in [1.82, 2.24) is 9.80 Å². The third-order valence-corrected chi connectivity index (χ3v) is 3.49. The number of nitrogens with one attached hydrogen (secondary N) is 1. The van der Waals surface area contributed by atoms with Crippen molar-refractivity contribution < 1.29 is 9.59 Å². The van der Waals surface area contributed by atoms with Gasteiger partial charge in [0.2, 0.25) is 11.8 Å². The zero-order valence-electron chi connectivity index (χ0n) is 12.1. The maximum absolute atomic E-state index is 12.0. The maximum Gasteiger partial charge on any atom is 0.238 e. The molecule has 20 heavy (non-hydrogen) atoms. The Morgan fingerprint density at radius 1 is 1.20 bits per heavy atom. The Labute approximate surface area is 119 Å². The van der Waals surface area contributed by atoms with Crippen LogP contribution in [0.15, 0.2) is 24.3 Å². The Balaban J connectivity index is 1.80. The molecule has 2 amide bonds. The third kappa shape index (κ3) is 4.06. The minimum Gasteiger partial charge on any atom is -0.340 e. The van der Waals surface area contributed by atoms with Crippen LogP contribution in [-0.2, 0) is 9.59 Å². The van der Waals surface area contributed by atoms with Gasteiger partial charge in [0, 0.05) is 38.8 Å². The standard InChI is InChI=1S/C15H21N3O2/c1-12-4-3-5-14(10-12)16-15(20)11-17-6-8-18(9-7-17)13(2)19/h3-5,10H,6-9,11H2,1-2H3,(H,16,20). The van der Waals surface area contributed by atoms with Crippen LogP contribution in [0.4, 0.5) is 5.69 Å². The van der Waals surface area contributed by atoms with Gasteiger partial charge in [-0.3, -0.25) is 14.5 Å². The van der Waals surface area contributed by atoms with Gasteiger partial charge in [0.15, 0.2) is 0 Å². The van der Waals surface area contributed by atoms with Gasteiger partial charge in [-0.1, -0.05) is 12.1 Å². The Morgan fingerprint density at radius 3 is 2.50 bits per heavy atom. The van der Waals surface area contributed by atoms with E-state index in [0.717, 1.165) is 24.3 Å². The van der Waals surface area contributed by atoms with E-state index < -0.39 is 0 Å². The van der Waals surface area contributed by atoms with Crippen LogP contribution in [0.2, 0.25) is 0 Å². The minimum absolute atomic E-state index is 0.00752. The number of carbonyl (C=O) groups excluding carboxylic acids is 2. The molecule has 1 fully saturated rings. The quantitative estimate of drug-likeness (QED) is 0.898. The molecule has 2 rings (SSSR count). The molecule has 0 unspecified atom stereocenters. The predicted molar refractivity (Wildman–Crippen MR) is 78.5 cm³/mol. The fourth-order valence-corrected chi connectivity index (χ4v) is 2.35. The molecule has 1 heterocycles. The van der Waals surface area contributed by atoms with Gasteiger partial charge in [-0.25, -0.2) is 0 Å². The molecule has 1 saturated heterocycles. The number of hydrogen-bond donors (Lipinski definition) is 1. The van der Waals surface area contributed by atoms with Gasteiger partial charge in [-0.15, -0.1) is 0 Å². The molecule has 0 aromatic heterocycles. The summed E-state index contributed by atoms with van der Waals surface area (Å²) in [6.45, 7) is 6.86. The molecule has 0 aliphatic carbocycles. The summed E-state index contributed by atoms with van der Waals surface area (Å²) in [7, 11) is 0. The SMILES string of the molecule is CC(=O)N1CCN(CC(=O)Nc2cccc(C)c2)CC1. The highest BCUT2D eigenvalue weighted by atomic mass is 16.2. The zero-order valence-corrected chi connectivity index (χ0v) is 12.1. The van der Waals surface area contributed by atoms with Gasteiger partial charge in [0.25, 0.3) is 0 Å². The first-order valence-electron chi connectivity index (χ1n) is 6.89. The van der Waals surface area contributed by atoms with Crippen LogP contribution < -0.4 is 5.32 Å². The molecule has 0 bridgehead atoms. The number of aryl methyl sites for hydroxylation is 1. The third-order valence-electron chi connectivity index (χ3n) is 3.49. The van der Waals surface area contributed by atoms with E-state index in [4.69, 9.17) is 0 Å². The number of anilines is 1. The van der Waals surface area contributed by atoms with Gasteiger partial charge in [-0.2, -0.15) is 0 Å². The molecule has 1 aliphatic heterocycles. The number of piperazine rings is 1. The van der Waals surface area contributed by atoms with Crippen LogP contribution in [0.25, 0.3) is 0 Å². The lowest BCUT2D eigenvalue weighted by Crippen LogP contribution is -2.49. The second-order valence-electron chi connectivity index (χ2n) is 5.20. The molecule has 108 valence electrons. The Bertz CT molecular complexity index is 494. The van der Waals surface area contributed by atoms with E-state index in [1.807, 2.05) is 36.1 Å². The van der Waals surface area contributed by atoms with E-state index in [-0.39, 0.29) is 11.8 Å². The summed E-state index contributed by atoms with van der Waals surface area (Å²) in [4.78, 5) is 27.1. The monoisotopic (exact) mass is 275 g/mol. The van der Waals surface area contributed by atoms with Crippen molar-refractivity contribution in [2.75, 3.05) is 38.0 Å². The number of amides is 2. The molecule has 1 aromatic rings. The van der Waals surface area contributed by atoms with E-state index in [1.165, 1.54) is 0 Å². The van der Waals surface area contributed by atoms with Gasteiger partial charge in [0.1, 0.15) is 0 Å². The lowest BCUT2D eigenvalue weighted by atomic mass is 10.2. The lowest BCUT2D eigenvalue weighted by Gasteiger charge is -2.33. The van der Waals surface area contributed by atoms with E-state index in [9.17, 15) is 9.59 Å². The van der Waals surface area contributed by atoms with E-state index in [1.54, 1.807) is 6.92 Å². The van der Waals surface area contributed by atoms with Crippen molar-refractivity contribution >= 4 is 17.5 Å². The molecule has 1 N–H and O–H groups in total.